The largest absolute Gasteiger partial charge is 0.361 e. The number of hydrogen-bond acceptors (Lipinski definition) is 3. The molecule has 0 saturated carbocycles. The van der Waals surface area contributed by atoms with E-state index in [1.807, 2.05) is 54.7 Å². The van der Waals surface area contributed by atoms with Crippen LogP contribution in [0.5, 0.6) is 0 Å². The van der Waals surface area contributed by atoms with Gasteiger partial charge in [-0.15, -0.1) is 0 Å². The van der Waals surface area contributed by atoms with Crippen LogP contribution in [0.4, 0.5) is 5.69 Å². The third-order valence-corrected chi connectivity index (χ3v) is 5.33. The Morgan fingerprint density at radius 2 is 1.74 bits per heavy atom. The van der Waals surface area contributed by atoms with Crippen LogP contribution in [0.2, 0.25) is 0 Å². The maximum Gasteiger partial charge on any atom is 0.258 e. The van der Waals surface area contributed by atoms with E-state index in [1.54, 1.807) is 0 Å². The lowest BCUT2D eigenvalue weighted by atomic mass is 10.0. The van der Waals surface area contributed by atoms with Crippen LogP contribution in [-0.4, -0.2) is 20.6 Å². The van der Waals surface area contributed by atoms with Gasteiger partial charge in [0.25, 0.3) is 5.91 Å². The summed E-state index contributed by atoms with van der Waals surface area (Å²) in [5, 5.41) is 8.13. The van der Waals surface area contributed by atoms with E-state index >= 15 is 0 Å². The predicted octanol–water partition coefficient (Wildman–Crippen LogP) is 4.11. The lowest BCUT2D eigenvalue weighted by molar-refractivity contribution is 0.0665. The quantitative estimate of drug-likeness (QED) is 0.765. The molecule has 0 aliphatic carbocycles. The third-order valence-electron chi connectivity index (χ3n) is 5.33. The number of rotatable bonds is 3. The smallest absolute Gasteiger partial charge is 0.258 e. The summed E-state index contributed by atoms with van der Waals surface area (Å²) in [5.41, 5.74) is 6.96. The lowest BCUT2D eigenvalue weighted by Crippen LogP contribution is -2.42. The summed E-state index contributed by atoms with van der Waals surface area (Å²) >= 11 is 0. The van der Waals surface area contributed by atoms with Crippen molar-refractivity contribution in [2.24, 2.45) is 7.05 Å². The number of nitrogens with zero attached hydrogens (tertiary/aromatic N) is 3. The Hall–Kier alpha value is -3.08. The molecule has 1 aromatic heterocycles. The molecule has 0 bridgehead atoms. The molecule has 4 rings (SSSR count). The number of fused-ring (bicyclic) bond motifs is 1. The highest BCUT2D eigenvalue weighted by molar-refractivity contribution is 6.01. The van der Waals surface area contributed by atoms with Gasteiger partial charge in [0.05, 0.1) is 11.3 Å². The molecule has 5 heteroatoms. The number of aryl methyl sites for hydroxylation is 3. The highest BCUT2D eigenvalue weighted by Gasteiger charge is 2.35. The molecule has 0 saturated heterocycles. The zero-order chi connectivity index (χ0) is 19.1. The monoisotopic (exact) mass is 360 g/mol. The number of nitrogens with one attached hydrogen (secondary N) is 1. The van der Waals surface area contributed by atoms with E-state index in [0.29, 0.717) is 12.1 Å². The first kappa shape index (κ1) is 17.3. The Morgan fingerprint density at radius 3 is 2.41 bits per heavy atom. The number of para-hydroxylation sites is 1. The topological polar surface area (TPSA) is 50.2 Å². The Kier molecular flexibility index (Phi) is 4.22. The standard InChI is InChI=1S/C22H24N4O/c1-14-9-11-17(12-10-14)13-26-21(20-15(2)24-25(4)16(20)3)23-19-8-6-5-7-18(19)22(26)27/h5-12,21,23H,13H2,1-4H3. The molecule has 0 fully saturated rings. The van der Waals surface area contributed by atoms with Crippen molar-refractivity contribution in [1.29, 1.82) is 0 Å². The molecule has 2 aromatic carbocycles. The first-order valence-electron chi connectivity index (χ1n) is 9.18. The minimum atomic E-state index is -0.248. The molecule has 1 amide bonds. The SMILES string of the molecule is Cc1ccc(CN2C(=O)c3ccccc3NC2c2c(C)nn(C)c2C)cc1. The maximum atomic E-state index is 13.4. The van der Waals surface area contributed by atoms with Crippen molar-refractivity contribution in [1.82, 2.24) is 14.7 Å². The van der Waals surface area contributed by atoms with Crippen LogP contribution in [0.3, 0.4) is 0 Å². The summed E-state index contributed by atoms with van der Waals surface area (Å²) in [7, 11) is 1.94. The zero-order valence-electron chi connectivity index (χ0n) is 16.2. The first-order valence-corrected chi connectivity index (χ1v) is 9.18. The normalized spacial score (nSPS) is 16.2. The van der Waals surface area contributed by atoms with Gasteiger partial charge in [0.15, 0.2) is 0 Å². The molecule has 1 aliphatic heterocycles. The van der Waals surface area contributed by atoms with Crippen LogP contribution in [0.15, 0.2) is 48.5 Å². The van der Waals surface area contributed by atoms with Crippen LogP contribution >= 0.6 is 0 Å². The Bertz CT molecular complexity index is 1000. The van der Waals surface area contributed by atoms with E-state index in [1.165, 1.54) is 5.56 Å². The van der Waals surface area contributed by atoms with Gasteiger partial charge in [0, 0.05) is 30.5 Å². The predicted molar refractivity (Wildman–Crippen MR) is 107 cm³/mol. The van der Waals surface area contributed by atoms with E-state index in [9.17, 15) is 4.79 Å². The molecular weight excluding hydrogens is 336 g/mol. The summed E-state index contributed by atoms with van der Waals surface area (Å²) in [6, 6.07) is 16.0. The number of carbonyl (C=O) groups excluding carboxylic acids is 1. The molecule has 27 heavy (non-hydrogen) atoms. The van der Waals surface area contributed by atoms with E-state index in [2.05, 4.69) is 41.6 Å². The molecule has 0 spiro atoms. The molecule has 138 valence electrons. The molecule has 2 heterocycles. The molecule has 1 aliphatic rings. The van der Waals surface area contributed by atoms with E-state index in [4.69, 9.17) is 0 Å². The van der Waals surface area contributed by atoms with E-state index in [-0.39, 0.29) is 12.1 Å². The lowest BCUT2D eigenvalue weighted by Gasteiger charge is -2.38. The van der Waals surface area contributed by atoms with Gasteiger partial charge in [-0.05, 0) is 38.5 Å². The second-order valence-corrected chi connectivity index (χ2v) is 7.22. The van der Waals surface area contributed by atoms with Crippen LogP contribution in [0.25, 0.3) is 0 Å². The molecule has 1 N–H and O–H groups in total. The number of amides is 1. The fourth-order valence-electron chi connectivity index (χ4n) is 3.76. The summed E-state index contributed by atoms with van der Waals surface area (Å²) in [5.74, 6) is 0.0394. The van der Waals surface area contributed by atoms with Crippen molar-refractivity contribution in [2.75, 3.05) is 5.32 Å². The summed E-state index contributed by atoms with van der Waals surface area (Å²) in [6.45, 7) is 6.66. The molecule has 3 aromatic rings. The fraction of sp³-hybridized carbons (Fsp3) is 0.273. The Balaban J connectivity index is 1.80. The fourth-order valence-corrected chi connectivity index (χ4v) is 3.76. The third kappa shape index (κ3) is 2.99. The molecular formula is C22H24N4O. The number of benzene rings is 2. The zero-order valence-corrected chi connectivity index (χ0v) is 16.2. The van der Waals surface area contributed by atoms with Crippen molar-refractivity contribution in [3.8, 4) is 0 Å². The van der Waals surface area contributed by atoms with Crippen LogP contribution in [-0.2, 0) is 13.6 Å². The summed E-state index contributed by atoms with van der Waals surface area (Å²) in [6.07, 6.45) is -0.248. The summed E-state index contributed by atoms with van der Waals surface area (Å²) in [4.78, 5) is 15.3. The van der Waals surface area contributed by atoms with E-state index < -0.39 is 0 Å². The minimum Gasteiger partial charge on any atom is -0.361 e. The van der Waals surface area contributed by atoms with Gasteiger partial charge in [-0.3, -0.25) is 9.48 Å². The average Bonchev–Trinajstić information content (AvgIpc) is 2.91. The average molecular weight is 360 g/mol. The minimum absolute atomic E-state index is 0.0394. The number of carbonyl (C=O) groups is 1. The van der Waals surface area contributed by atoms with Crippen LogP contribution < -0.4 is 5.32 Å². The van der Waals surface area contributed by atoms with E-state index in [0.717, 1.165) is 28.2 Å². The molecule has 1 atom stereocenters. The highest BCUT2D eigenvalue weighted by atomic mass is 16.2. The maximum absolute atomic E-state index is 13.4. The Labute approximate surface area is 159 Å². The number of hydrogen-bond donors (Lipinski definition) is 1. The Morgan fingerprint density at radius 1 is 1.04 bits per heavy atom. The first-order chi connectivity index (χ1) is 13.0. The summed E-state index contributed by atoms with van der Waals surface area (Å²) < 4.78 is 1.88. The van der Waals surface area contributed by atoms with Crippen molar-refractivity contribution in [3.05, 3.63) is 82.2 Å². The van der Waals surface area contributed by atoms with Gasteiger partial charge in [-0.1, -0.05) is 42.0 Å². The van der Waals surface area contributed by atoms with Gasteiger partial charge in [-0.25, -0.2) is 0 Å². The molecule has 1 unspecified atom stereocenters. The van der Waals surface area contributed by atoms with Crippen LogP contribution in [0.1, 0.15) is 44.6 Å². The second-order valence-electron chi connectivity index (χ2n) is 7.22. The van der Waals surface area contributed by atoms with Gasteiger partial charge in [0.2, 0.25) is 0 Å². The van der Waals surface area contributed by atoms with Crippen LogP contribution in [0, 0.1) is 20.8 Å². The van der Waals surface area contributed by atoms with Gasteiger partial charge in [-0.2, -0.15) is 5.10 Å². The molecule has 0 radical (unpaired) electrons. The second kappa shape index (κ2) is 6.58. The van der Waals surface area contributed by atoms with Crippen molar-refractivity contribution >= 4 is 11.6 Å². The van der Waals surface area contributed by atoms with Crippen molar-refractivity contribution in [2.45, 2.75) is 33.5 Å². The molecule has 5 nitrogen and oxygen atoms in total. The number of anilines is 1. The highest BCUT2D eigenvalue weighted by Crippen LogP contribution is 2.36. The van der Waals surface area contributed by atoms with Gasteiger partial charge in [0.1, 0.15) is 6.17 Å². The van der Waals surface area contributed by atoms with Crippen molar-refractivity contribution < 1.29 is 4.79 Å². The number of aromatic nitrogens is 2. The van der Waals surface area contributed by atoms with Gasteiger partial charge >= 0.3 is 0 Å². The van der Waals surface area contributed by atoms with Gasteiger partial charge < -0.3 is 10.2 Å². The van der Waals surface area contributed by atoms with Crippen molar-refractivity contribution in [3.63, 3.8) is 0 Å².